The first-order chi connectivity index (χ1) is 6.66. The number of hydrogen-bond donors (Lipinski definition) is 4. The third-order valence-electron chi connectivity index (χ3n) is 1.86. The van der Waals surface area contributed by atoms with Gasteiger partial charge in [-0.3, -0.25) is 4.79 Å². The van der Waals surface area contributed by atoms with Crippen LogP contribution in [0.3, 0.4) is 0 Å². The Labute approximate surface area is 80.6 Å². The second kappa shape index (κ2) is 4.71. The van der Waals surface area contributed by atoms with Gasteiger partial charge in [-0.15, -0.1) is 0 Å². The van der Waals surface area contributed by atoms with E-state index in [1.54, 1.807) is 35.8 Å². The minimum absolute atomic E-state index is 0.432. The molecule has 5 nitrogen and oxygen atoms in total. The maximum Gasteiger partial charge on any atom is 0.326 e. The standard InChI is InChI=1S/C9H11NO4/c11-8(7(10-14)9(12)13)6-4-2-1-3-5-6/h1-5,7-8,10-11,14H,(H,12,13)/t7-,8?/m0/s1. The molecule has 1 rings (SSSR count). The van der Waals surface area contributed by atoms with Crippen molar-refractivity contribution in [1.29, 1.82) is 0 Å². The average molecular weight is 197 g/mol. The minimum atomic E-state index is -1.42. The van der Waals surface area contributed by atoms with E-state index < -0.39 is 18.1 Å². The van der Waals surface area contributed by atoms with Crippen LogP contribution < -0.4 is 5.48 Å². The summed E-state index contributed by atoms with van der Waals surface area (Å²) in [4.78, 5) is 10.6. The van der Waals surface area contributed by atoms with Crippen molar-refractivity contribution in [2.45, 2.75) is 12.1 Å². The van der Waals surface area contributed by atoms with Gasteiger partial charge in [-0.05, 0) is 5.56 Å². The Hall–Kier alpha value is -1.43. The number of aliphatic hydroxyl groups excluding tert-OH is 1. The second-order valence-electron chi connectivity index (χ2n) is 2.80. The largest absolute Gasteiger partial charge is 0.480 e. The highest BCUT2D eigenvalue weighted by atomic mass is 16.5. The van der Waals surface area contributed by atoms with Gasteiger partial charge in [0.2, 0.25) is 0 Å². The van der Waals surface area contributed by atoms with E-state index in [-0.39, 0.29) is 0 Å². The van der Waals surface area contributed by atoms with E-state index in [0.29, 0.717) is 5.56 Å². The van der Waals surface area contributed by atoms with Crippen LogP contribution in [0.5, 0.6) is 0 Å². The summed E-state index contributed by atoms with van der Waals surface area (Å²) < 4.78 is 0. The molecule has 1 aromatic carbocycles. The van der Waals surface area contributed by atoms with Crippen molar-refractivity contribution in [3.8, 4) is 0 Å². The predicted octanol–water partition coefficient (Wildman–Crippen LogP) is 0.152. The smallest absolute Gasteiger partial charge is 0.326 e. The number of carboxylic acid groups (broad SMARTS) is 1. The fraction of sp³-hybridized carbons (Fsp3) is 0.222. The first kappa shape index (κ1) is 10.6. The number of nitrogens with one attached hydrogen (secondary N) is 1. The zero-order valence-corrected chi connectivity index (χ0v) is 7.29. The van der Waals surface area contributed by atoms with Gasteiger partial charge in [-0.25, -0.2) is 0 Å². The first-order valence-corrected chi connectivity index (χ1v) is 4.02. The Kier molecular flexibility index (Phi) is 3.58. The fourth-order valence-electron chi connectivity index (χ4n) is 1.10. The number of aliphatic carboxylic acids is 1. The van der Waals surface area contributed by atoms with Gasteiger partial charge in [-0.1, -0.05) is 30.3 Å². The number of rotatable bonds is 4. The summed E-state index contributed by atoms with van der Waals surface area (Å²) >= 11 is 0. The normalized spacial score (nSPS) is 14.7. The summed E-state index contributed by atoms with van der Waals surface area (Å²) in [6.07, 6.45) is -1.28. The van der Waals surface area contributed by atoms with Crippen molar-refractivity contribution in [3.05, 3.63) is 35.9 Å². The SMILES string of the molecule is O=C(O)[C@@H](NO)C(O)c1ccccc1. The molecule has 0 aliphatic carbocycles. The Morgan fingerprint density at radius 1 is 1.29 bits per heavy atom. The lowest BCUT2D eigenvalue weighted by molar-refractivity contribution is -0.146. The maximum absolute atomic E-state index is 10.6. The molecule has 0 aliphatic heterocycles. The zero-order valence-electron chi connectivity index (χ0n) is 7.29. The van der Waals surface area contributed by atoms with Crippen LogP contribution in [0.15, 0.2) is 30.3 Å². The van der Waals surface area contributed by atoms with Crippen LogP contribution in [0, 0.1) is 0 Å². The van der Waals surface area contributed by atoms with Crippen molar-refractivity contribution in [2.75, 3.05) is 0 Å². The van der Waals surface area contributed by atoms with E-state index in [9.17, 15) is 9.90 Å². The third kappa shape index (κ3) is 2.29. The molecule has 0 spiro atoms. The van der Waals surface area contributed by atoms with E-state index in [2.05, 4.69) is 0 Å². The lowest BCUT2D eigenvalue weighted by atomic mass is 10.0. The van der Waals surface area contributed by atoms with Crippen LogP contribution in [-0.2, 0) is 4.79 Å². The van der Waals surface area contributed by atoms with E-state index in [1.165, 1.54) is 0 Å². The van der Waals surface area contributed by atoms with Gasteiger partial charge in [0, 0.05) is 0 Å². The van der Waals surface area contributed by atoms with Crippen LogP contribution in [0.2, 0.25) is 0 Å². The molecule has 1 unspecified atom stereocenters. The number of aliphatic hydroxyl groups is 1. The number of hydrogen-bond acceptors (Lipinski definition) is 4. The fourth-order valence-corrected chi connectivity index (χ4v) is 1.10. The summed E-state index contributed by atoms with van der Waals surface area (Å²) in [5.74, 6) is -1.32. The monoisotopic (exact) mass is 197 g/mol. The molecule has 4 N–H and O–H groups in total. The molecule has 0 aromatic heterocycles. The summed E-state index contributed by atoms with van der Waals surface area (Å²) in [6, 6.07) is 6.84. The Balaban J connectivity index is 2.83. The Morgan fingerprint density at radius 2 is 1.86 bits per heavy atom. The van der Waals surface area contributed by atoms with E-state index in [4.69, 9.17) is 10.3 Å². The van der Waals surface area contributed by atoms with Gasteiger partial charge in [0.25, 0.3) is 0 Å². The summed E-state index contributed by atoms with van der Waals surface area (Å²) in [5, 5.41) is 26.7. The lowest BCUT2D eigenvalue weighted by Crippen LogP contribution is -2.39. The second-order valence-corrected chi connectivity index (χ2v) is 2.80. The minimum Gasteiger partial charge on any atom is -0.480 e. The average Bonchev–Trinajstić information content (AvgIpc) is 2.19. The topological polar surface area (TPSA) is 89.8 Å². The maximum atomic E-state index is 10.6. The van der Waals surface area contributed by atoms with Crippen molar-refractivity contribution < 1.29 is 20.2 Å². The Morgan fingerprint density at radius 3 is 2.29 bits per heavy atom. The molecule has 0 bridgehead atoms. The van der Waals surface area contributed by atoms with Gasteiger partial charge in [0.1, 0.15) is 6.10 Å². The van der Waals surface area contributed by atoms with Crippen molar-refractivity contribution in [2.24, 2.45) is 0 Å². The summed E-state index contributed by atoms with van der Waals surface area (Å²) in [7, 11) is 0. The first-order valence-electron chi connectivity index (χ1n) is 4.02. The number of benzene rings is 1. The molecule has 0 amide bonds. The quantitative estimate of drug-likeness (QED) is 0.516. The van der Waals surface area contributed by atoms with Crippen molar-refractivity contribution in [1.82, 2.24) is 5.48 Å². The van der Waals surface area contributed by atoms with Crippen LogP contribution in [-0.4, -0.2) is 27.4 Å². The van der Waals surface area contributed by atoms with Gasteiger partial charge >= 0.3 is 5.97 Å². The highest BCUT2D eigenvalue weighted by molar-refractivity contribution is 5.74. The molecular formula is C9H11NO4. The molecule has 0 radical (unpaired) electrons. The van der Waals surface area contributed by atoms with Crippen LogP contribution >= 0.6 is 0 Å². The van der Waals surface area contributed by atoms with Crippen molar-refractivity contribution in [3.63, 3.8) is 0 Å². The summed E-state index contributed by atoms with van der Waals surface area (Å²) in [5.41, 5.74) is 1.98. The van der Waals surface area contributed by atoms with Gasteiger partial charge in [0.05, 0.1) is 0 Å². The predicted molar refractivity (Wildman–Crippen MR) is 47.7 cm³/mol. The van der Waals surface area contributed by atoms with Crippen LogP contribution in [0.25, 0.3) is 0 Å². The molecule has 0 fully saturated rings. The molecule has 1 aromatic rings. The number of carboxylic acids is 1. The third-order valence-corrected chi connectivity index (χ3v) is 1.86. The Bertz CT molecular complexity index is 301. The van der Waals surface area contributed by atoms with Gasteiger partial charge in [0.15, 0.2) is 6.04 Å². The van der Waals surface area contributed by atoms with Crippen molar-refractivity contribution >= 4 is 5.97 Å². The molecule has 14 heavy (non-hydrogen) atoms. The van der Waals surface area contributed by atoms with Gasteiger partial charge in [-0.2, -0.15) is 5.48 Å². The highest BCUT2D eigenvalue weighted by Gasteiger charge is 2.26. The molecule has 0 aliphatic rings. The van der Waals surface area contributed by atoms with E-state index >= 15 is 0 Å². The molecule has 76 valence electrons. The molecular weight excluding hydrogens is 186 g/mol. The summed E-state index contributed by atoms with van der Waals surface area (Å²) in [6.45, 7) is 0. The van der Waals surface area contributed by atoms with Crippen LogP contribution in [0.1, 0.15) is 11.7 Å². The van der Waals surface area contributed by atoms with E-state index in [1.807, 2.05) is 0 Å². The van der Waals surface area contributed by atoms with Crippen LogP contribution in [0.4, 0.5) is 0 Å². The number of carbonyl (C=O) groups is 1. The zero-order chi connectivity index (χ0) is 10.6. The molecule has 0 saturated carbocycles. The van der Waals surface area contributed by atoms with Gasteiger partial charge < -0.3 is 15.4 Å². The molecule has 2 atom stereocenters. The lowest BCUT2D eigenvalue weighted by Gasteiger charge is -2.17. The molecule has 0 saturated heterocycles. The van der Waals surface area contributed by atoms with E-state index in [0.717, 1.165) is 0 Å². The highest BCUT2D eigenvalue weighted by Crippen LogP contribution is 2.15. The molecule has 0 heterocycles. The number of hydroxylamine groups is 1. The molecule has 5 heteroatoms.